The van der Waals surface area contributed by atoms with Crippen molar-refractivity contribution < 1.29 is 4.79 Å². The fraction of sp³-hybridized carbons (Fsp3) is 0.333. The van der Waals surface area contributed by atoms with Gasteiger partial charge >= 0.3 is 0 Å². The molecule has 3 rings (SSSR count). The maximum Gasteiger partial charge on any atom is 0.220 e. The summed E-state index contributed by atoms with van der Waals surface area (Å²) in [4.78, 5) is 11.3. The number of anilines is 1. The van der Waals surface area contributed by atoms with Crippen LogP contribution in [0.25, 0.3) is 0 Å². The molecule has 21 heavy (non-hydrogen) atoms. The molecule has 6 heteroatoms. The summed E-state index contributed by atoms with van der Waals surface area (Å²) < 4.78 is 2.78. The van der Waals surface area contributed by atoms with E-state index in [9.17, 15) is 4.79 Å². The van der Waals surface area contributed by atoms with Crippen LogP contribution in [0.3, 0.4) is 0 Å². The molecule has 2 heterocycles. The SMILES string of the molecule is Cn1cc(Br)c(CNc2cccc(C3CCC(=O)N3)c2)n1. The third-order valence-electron chi connectivity index (χ3n) is 3.60. The monoisotopic (exact) mass is 348 g/mol. The Kier molecular flexibility index (Phi) is 3.96. The van der Waals surface area contributed by atoms with Gasteiger partial charge in [-0.1, -0.05) is 12.1 Å². The lowest BCUT2D eigenvalue weighted by molar-refractivity contribution is -0.119. The Hall–Kier alpha value is -1.82. The largest absolute Gasteiger partial charge is 0.379 e. The van der Waals surface area contributed by atoms with Gasteiger partial charge < -0.3 is 10.6 Å². The highest BCUT2D eigenvalue weighted by Crippen LogP contribution is 2.26. The van der Waals surface area contributed by atoms with E-state index in [1.54, 1.807) is 4.68 Å². The number of carbonyl (C=O) groups is 1. The summed E-state index contributed by atoms with van der Waals surface area (Å²) in [5.41, 5.74) is 3.15. The molecule has 1 saturated heterocycles. The van der Waals surface area contributed by atoms with E-state index in [0.717, 1.165) is 27.8 Å². The van der Waals surface area contributed by atoms with Crippen LogP contribution in [0.5, 0.6) is 0 Å². The summed E-state index contributed by atoms with van der Waals surface area (Å²) in [6, 6.07) is 8.32. The molecule has 1 aromatic carbocycles. The maximum atomic E-state index is 11.3. The fourth-order valence-electron chi connectivity index (χ4n) is 2.54. The van der Waals surface area contributed by atoms with E-state index in [0.29, 0.717) is 13.0 Å². The number of amides is 1. The van der Waals surface area contributed by atoms with E-state index in [2.05, 4.69) is 43.8 Å². The third-order valence-corrected chi connectivity index (χ3v) is 4.26. The lowest BCUT2D eigenvalue weighted by atomic mass is 10.0. The van der Waals surface area contributed by atoms with Crippen molar-refractivity contribution in [3.05, 3.63) is 46.2 Å². The molecule has 1 atom stereocenters. The Morgan fingerprint density at radius 1 is 1.52 bits per heavy atom. The lowest BCUT2D eigenvalue weighted by Crippen LogP contribution is -2.18. The molecular weight excluding hydrogens is 332 g/mol. The summed E-state index contributed by atoms with van der Waals surface area (Å²) in [5, 5.41) is 10.8. The molecule has 1 aromatic heterocycles. The van der Waals surface area contributed by atoms with E-state index in [-0.39, 0.29) is 11.9 Å². The van der Waals surface area contributed by atoms with Crippen molar-refractivity contribution in [3.8, 4) is 0 Å². The number of aromatic nitrogens is 2. The molecule has 0 aliphatic carbocycles. The van der Waals surface area contributed by atoms with Gasteiger partial charge in [-0.15, -0.1) is 0 Å². The fourth-order valence-corrected chi connectivity index (χ4v) is 3.06. The van der Waals surface area contributed by atoms with Crippen molar-refractivity contribution in [3.63, 3.8) is 0 Å². The van der Waals surface area contributed by atoms with Crippen LogP contribution in [0.15, 0.2) is 34.9 Å². The number of hydrogen-bond donors (Lipinski definition) is 2. The number of hydrogen-bond acceptors (Lipinski definition) is 3. The number of nitrogens with zero attached hydrogens (tertiary/aromatic N) is 2. The van der Waals surface area contributed by atoms with Crippen LogP contribution in [-0.2, 0) is 18.4 Å². The summed E-state index contributed by atoms with van der Waals surface area (Å²) in [6.45, 7) is 0.655. The van der Waals surface area contributed by atoms with E-state index in [1.807, 2.05) is 25.4 Å². The van der Waals surface area contributed by atoms with Crippen LogP contribution in [0.4, 0.5) is 5.69 Å². The summed E-state index contributed by atoms with van der Waals surface area (Å²) in [7, 11) is 1.90. The molecule has 5 nitrogen and oxygen atoms in total. The van der Waals surface area contributed by atoms with Crippen LogP contribution in [0, 0.1) is 0 Å². The average molecular weight is 349 g/mol. The highest BCUT2D eigenvalue weighted by atomic mass is 79.9. The van der Waals surface area contributed by atoms with Crippen molar-refractivity contribution in [2.45, 2.75) is 25.4 Å². The summed E-state index contributed by atoms with van der Waals surface area (Å²) >= 11 is 3.49. The second-order valence-electron chi connectivity index (χ2n) is 5.24. The van der Waals surface area contributed by atoms with Crippen molar-refractivity contribution in [1.82, 2.24) is 15.1 Å². The second-order valence-corrected chi connectivity index (χ2v) is 6.09. The molecule has 0 radical (unpaired) electrons. The molecule has 1 aliphatic heterocycles. The molecular formula is C15H17BrN4O. The minimum atomic E-state index is 0.135. The van der Waals surface area contributed by atoms with E-state index < -0.39 is 0 Å². The van der Waals surface area contributed by atoms with Gasteiger partial charge in [0.1, 0.15) is 0 Å². The minimum absolute atomic E-state index is 0.135. The third kappa shape index (κ3) is 3.26. The molecule has 110 valence electrons. The molecule has 1 aliphatic rings. The second kappa shape index (κ2) is 5.89. The Balaban J connectivity index is 1.68. The zero-order chi connectivity index (χ0) is 14.8. The van der Waals surface area contributed by atoms with Crippen LogP contribution >= 0.6 is 15.9 Å². The summed E-state index contributed by atoms with van der Waals surface area (Å²) in [6.07, 6.45) is 3.42. The standard InChI is InChI=1S/C15H17BrN4O/c1-20-9-12(16)14(19-20)8-17-11-4-2-3-10(7-11)13-5-6-15(21)18-13/h2-4,7,9,13,17H,5-6,8H2,1H3,(H,18,21). The predicted molar refractivity (Wildman–Crippen MR) is 84.8 cm³/mol. The zero-order valence-corrected chi connectivity index (χ0v) is 13.4. The number of halogens is 1. The number of benzene rings is 1. The van der Waals surface area contributed by atoms with Crippen molar-refractivity contribution in [1.29, 1.82) is 0 Å². The lowest BCUT2D eigenvalue weighted by Gasteiger charge is -2.12. The first kappa shape index (κ1) is 14.1. The molecule has 1 unspecified atom stereocenters. The number of carbonyl (C=O) groups excluding carboxylic acids is 1. The zero-order valence-electron chi connectivity index (χ0n) is 11.8. The molecule has 1 amide bonds. The predicted octanol–water partition coefficient (Wildman–Crippen LogP) is 2.75. The van der Waals surface area contributed by atoms with Crippen molar-refractivity contribution >= 4 is 27.5 Å². The van der Waals surface area contributed by atoms with E-state index in [1.165, 1.54) is 0 Å². The van der Waals surface area contributed by atoms with Gasteiger partial charge in [-0.25, -0.2) is 0 Å². The normalized spacial score (nSPS) is 17.8. The van der Waals surface area contributed by atoms with Gasteiger partial charge in [0.2, 0.25) is 5.91 Å². The number of rotatable bonds is 4. The molecule has 2 N–H and O–H groups in total. The van der Waals surface area contributed by atoms with E-state index in [4.69, 9.17) is 0 Å². The molecule has 0 bridgehead atoms. The first-order valence-electron chi connectivity index (χ1n) is 6.93. The highest BCUT2D eigenvalue weighted by Gasteiger charge is 2.22. The van der Waals surface area contributed by atoms with Gasteiger partial charge in [-0.05, 0) is 40.0 Å². The Morgan fingerprint density at radius 2 is 2.38 bits per heavy atom. The van der Waals surface area contributed by atoms with Crippen LogP contribution < -0.4 is 10.6 Å². The van der Waals surface area contributed by atoms with E-state index >= 15 is 0 Å². The Morgan fingerprint density at radius 3 is 3.05 bits per heavy atom. The maximum absolute atomic E-state index is 11.3. The summed E-state index contributed by atoms with van der Waals surface area (Å²) in [5.74, 6) is 0.135. The number of aryl methyl sites for hydroxylation is 1. The minimum Gasteiger partial charge on any atom is -0.379 e. The molecule has 2 aromatic rings. The van der Waals surface area contributed by atoms with Crippen LogP contribution in [0.2, 0.25) is 0 Å². The first-order valence-corrected chi connectivity index (χ1v) is 7.72. The van der Waals surface area contributed by atoms with Gasteiger partial charge in [0.25, 0.3) is 0 Å². The van der Waals surface area contributed by atoms with Gasteiger partial charge in [-0.2, -0.15) is 5.10 Å². The van der Waals surface area contributed by atoms with Crippen molar-refractivity contribution in [2.75, 3.05) is 5.32 Å². The Labute approximate surface area is 131 Å². The Bertz CT molecular complexity index is 667. The van der Waals surface area contributed by atoms with Gasteiger partial charge in [0.05, 0.1) is 22.8 Å². The number of nitrogens with one attached hydrogen (secondary N) is 2. The molecule has 0 saturated carbocycles. The van der Waals surface area contributed by atoms with Gasteiger partial charge in [-0.3, -0.25) is 9.48 Å². The average Bonchev–Trinajstić information content (AvgIpc) is 3.03. The van der Waals surface area contributed by atoms with Crippen LogP contribution in [0.1, 0.15) is 30.1 Å². The van der Waals surface area contributed by atoms with Crippen LogP contribution in [-0.4, -0.2) is 15.7 Å². The van der Waals surface area contributed by atoms with Crippen molar-refractivity contribution in [2.24, 2.45) is 7.05 Å². The van der Waals surface area contributed by atoms with Gasteiger partial charge in [0, 0.05) is 25.4 Å². The smallest absolute Gasteiger partial charge is 0.220 e. The first-order chi connectivity index (χ1) is 10.1. The molecule has 0 spiro atoms. The molecule has 1 fully saturated rings. The highest BCUT2D eigenvalue weighted by molar-refractivity contribution is 9.10. The quantitative estimate of drug-likeness (QED) is 0.892. The topological polar surface area (TPSA) is 59.0 Å². The van der Waals surface area contributed by atoms with Gasteiger partial charge in [0.15, 0.2) is 0 Å².